The summed E-state index contributed by atoms with van der Waals surface area (Å²) < 4.78 is 5.84. The summed E-state index contributed by atoms with van der Waals surface area (Å²) in [6, 6.07) is 10.7. The highest BCUT2D eigenvalue weighted by Gasteiger charge is 2.42. The molecule has 0 radical (unpaired) electrons. The number of rotatable bonds is 3. The van der Waals surface area contributed by atoms with Crippen molar-refractivity contribution in [1.29, 1.82) is 0 Å². The molecular formula is C25H29N3O2. The zero-order valence-corrected chi connectivity index (χ0v) is 17.8. The molecule has 156 valence electrons. The molecule has 2 atom stereocenters. The minimum atomic E-state index is -0.645. The first-order valence-corrected chi connectivity index (χ1v) is 11.0. The van der Waals surface area contributed by atoms with Crippen molar-refractivity contribution >= 4 is 16.8 Å². The van der Waals surface area contributed by atoms with E-state index < -0.39 is 5.60 Å². The normalized spacial score (nSPS) is 24.5. The predicted molar refractivity (Wildman–Crippen MR) is 118 cm³/mol. The number of fused-ring (bicyclic) bond motifs is 1. The van der Waals surface area contributed by atoms with Crippen molar-refractivity contribution in [3.8, 4) is 11.1 Å². The van der Waals surface area contributed by atoms with E-state index in [-0.39, 0.29) is 11.8 Å². The van der Waals surface area contributed by atoms with Gasteiger partial charge in [-0.25, -0.2) is 0 Å². The minimum Gasteiger partial charge on any atom is -0.365 e. The van der Waals surface area contributed by atoms with Gasteiger partial charge in [0.05, 0.1) is 0 Å². The molecule has 5 rings (SSSR count). The van der Waals surface area contributed by atoms with Gasteiger partial charge in [0, 0.05) is 60.2 Å². The lowest BCUT2D eigenvalue weighted by Gasteiger charge is -2.37. The molecule has 2 fully saturated rings. The number of likely N-dealkylation sites (tertiary alicyclic amines) is 1. The van der Waals surface area contributed by atoms with Gasteiger partial charge in [0.2, 0.25) is 0 Å². The van der Waals surface area contributed by atoms with Crippen LogP contribution >= 0.6 is 0 Å². The molecule has 1 aromatic carbocycles. The quantitative estimate of drug-likeness (QED) is 0.682. The number of aromatic amines is 1. The van der Waals surface area contributed by atoms with Crippen molar-refractivity contribution < 1.29 is 9.53 Å². The standard InChI is InChI=1S/C25H29N3O2/c1-17-6-7-21-20(15-17)22(18-8-11-26-12-9-18)23(27-21)19-5-3-13-28(16-19)24(29)25(2)10-4-14-30-25/h6-9,11-12,15,19,27H,3-5,10,13-14,16H2,1-2H3/t19-,25-/m0/s1. The second kappa shape index (κ2) is 7.55. The van der Waals surface area contributed by atoms with Crippen LogP contribution in [0.4, 0.5) is 0 Å². The number of aryl methyl sites for hydroxylation is 1. The molecule has 2 saturated heterocycles. The summed E-state index contributed by atoms with van der Waals surface area (Å²) in [4.78, 5) is 23.2. The number of nitrogens with one attached hydrogen (secondary N) is 1. The first-order chi connectivity index (χ1) is 14.5. The summed E-state index contributed by atoms with van der Waals surface area (Å²) in [5.41, 5.74) is 5.40. The third-order valence-corrected chi connectivity index (χ3v) is 6.74. The molecule has 3 aromatic rings. The number of nitrogens with zero attached hydrogens (tertiary/aromatic N) is 2. The van der Waals surface area contributed by atoms with Crippen LogP contribution in [0.25, 0.3) is 22.0 Å². The number of amides is 1. The van der Waals surface area contributed by atoms with Crippen LogP contribution < -0.4 is 0 Å². The van der Waals surface area contributed by atoms with E-state index in [2.05, 4.69) is 47.2 Å². The maximum absolute atomic E-state index is 13.3. The summed E-state index contributed by atoms with van der Waals surface area (Å²) in [5.74, 6) is 0.436. The Labute approximate surface area is 177 Å². The van der Waals surface area contributed by atoms with Gasteiger partial charge in [-0.3, -0.25) is 9.78 Å². The van der Waals surface area contributed by atoms with Gasteiger partial charge in [-0.15, -0.1) is 0 Å². The van der Waals surface area contributed by atoms with Crippen molar-refractivity contribution in [2.45, 2.75) is 51.0 Å². The number of benzene rings is 1. The third-order valence-electron chi connectivity index (χ3n) is 6.74. The van der Waals surface area contributed by atoms with Gasteiger partial charge in [-0.2, -0.15) is 0 Å². The highest BCUT2D eigenvalue weighted by atomic mass is 16.5. The number of H-pyrrole nitrogens is 1. The van der Waals surface area contributed by atoms with Crippen LogP contribution in [-0.2, 0) is 9.53 Å². The Morgan fingerprint density at radius 2 is 2.07 bits per heavy atom. The Morgan fingerprint density at radius 3 is 2.83 bits per heavy atom. The number of hydrogen-bond donors (Lipinski definition) is 1. The van der Waals surface area contributed by atoms with Crippen LogP contribution in [0.15, 0.2) is 42.7 Å². The predicted octanol–water partition coefficient (Wildman–Crippen LogP) is 4.81. The summed E-state index contributed by atoms with van der Waals surface area (Å²) in [6.45, 7) is 6.33. The molecule has 2 aliphatic heterocycles. The number of carbonyl (C=O) groups is 1. The Hall–Kier alpha value is -2.66. The Morgan fingerprint density at radius 1 is 1.23 bits per heavy atom. The number of aromatic nitrogens is 2. The molecular weight excluding hydrogens is 374 g/mol. The maximum Gasteiger partial charge on any atom is 0.254 e. The van der Waals surface area contributed by atoms with Crippen LogP contribution in [0, 0.1) is 6.92 Å². The third kappa shape index (κ3) is 3.31. The topological polar surface area (TPSA) is 58.2 Å². The van der Waals surface area contributed by atoms with E-state index in [4.69, 9.17) is 4.74 Å². The van der Waals surface area contributed by atoms with Crippen molar-refractivity contribution in [3.05, 3.63) is 54.0 Å². The molecule has 2 aromatic heterocycles. The van der Waals surface area contributed by atoms with Crippen molar-refractivity contribution in [1.82, 2.24) is 14.9 Å². The Balaban J connectivity index is 1.53. The zero-order chi connectivity index (χ0) is 20.7. The van der Waals surface area contributed by atoms with E-state index in [0.717, 1.165) is 44.3 Å². The summed E-state index contributed by atoms with van der Waals surface area (Å²) in [5, 5.41) is 1.24. The average molecular weight is 404 g/mol. The second-order valence-corrected chi connectivity index (χ2v) is 8.97. The molecule has 5 heteroatoms. The Kier molecular flexibility index (Phi) is 4.86. The van der Waals surface area contributed by atoms with E-state index in [9.17, 15) is 4.79 Å². The van der Waals surface area contributed by atoms with Gasteiger partial charge in [-0.1, -0.05) is 11.6 Å². The number of pyridine rings is 1. The highest BCUT2D eigenvalue weighted by Crippen LogP contribution is 2.40. The van der Waals surface area contributed by atoms with Gasteiger partial charge in [0.1, 0.15) is 5.60 Å². The van der Waals surface area contributed by atoms with Crippen LogP contribution in [0.5, 0.6) is 0 Å². The lowest BCUT2D eigenvalue weighted by atomic mass is 9.88. The molecule has 0 saturated carbocycles. The maximum atomic E-state index is 13.3. The van der Waals surface area contributed by atoms with E-state index in [1.54, 1.807) is 0 Å². The molecule has 0 unspecified atom stereocenters. The second-order valence-electron chi connectivity index (χ2n) is 8.97. The van der Waals surface area contributed by atoms with Crippen molar-refractivity contribution in [2.75, 3.05) is 19.7 Å². The number of ether oxygens (including phenoxy) is 1. The van der Waals surface area contributed by atoms with Gasteiger partial charge in [-0.05, 0) is 69.4 Å². The van der Waals surface area contributed by atoms with Crippen molar-refractivity contribution in [2.24, 2.45) is 0 Å². The minimum absolute atomic E-state index is 0.155. The van der Waals surface area contributed by atoms with Gasteiger partial charge < -0.3 is 14.6 Å². The van der Waals surface area contributed by atoms with Crippen molar-refractivity contribution in [3.63, 3.8) is 0 Å². The summed E-state index contributed by atoms with van der Waals surface area (Å²) in [6.07, 6.45) is 7.57. The van der Waals surface area contributed by atoms with Crippen LogP contribution in [0.3, 0.4) is 0 Å². The first-order valence-electron chi connectivity index (χ1n) is 11.0. The summed E-state index contributed by atoms with van der Waals surface area (Å²) >= 11 is 0. The van der Waals surface area contributed by atoms with E-state index in [0.29, 0.717) is 6.61 Å². The largest absolute Gasteiger partial charge is 0.365 e. The fourth-order valence-corrected chi connectivity index (χ4v) is 5.14. The van der Waals surface area contributed by atoms with Crippen LogP contribution in [0.1, 0.15) is 49.8 Å². The SMILES string of the molecule is Cc1ccc2[nH]c([C@H]3CCCN(C(=O)[C@]4(C)CCCO4)C3)c(-c3ccncc3)c2c1. The molecule has 0 aliphatic carbocycles. The van der Waals surface area contributed by atoms with Gasteiger partial charge >= 0.3 is 0 Å². The first kappa shape index (κ1) is 19.3. The van der Waals surface area contributed by atoms with E-state index >= 15 is 0 Å². The van der Waals surface area contributed by atoms with Crippen LogP contribution in [-0.4, -0.2) is 46.1 Å². The fraction of sp³-hybridized carbons (Fsp3) is 0.440. The molecule has 1 amide bonds. The van der Waals surface area contributed by atoms with E-state index in [1.807, 2.05) is 24.2 Å². The molecule has 4 heterocycles. The van der Waals surface area contributed by atoms with Gasteiger partial charge in [0.15, 0.2) is 0 Å². The number of piperidine rings is 1. The highest BCUT2D eigenvalue weighted by molar-refractivity contribution is 5.98. The van der Waals surface area contributed by atoms with Gasteiger partial charge in [0.25, 0.3) is 5.91 Å². The summed E-state index contributed by atoms with van der Waals surface area (Å²) in [7, 11) is 0. The zero-order valence-electron chi connectivity index (χ0n) is 17.8. The number of hydrogen-bond acceptors (Lipinski definition) is 3. The fourth-order valence-electron chi connectivity index (χ4n) is 5.14. The smallest absolute Gasteiger partial charge is 0.254 e. The molecule has 5 nitrogen and oxygen atoms in total. The molecule has 1 N–H and O–H groups in total. The Bertz CT molecular complexity index is 1070. The van der Waals surface area contributed by atoms with Crippen LogP contribution in [0.2, 0.25) is 0 Å². The monoisotopic (exact) mass is 403 g/mol. The molecule has 2 aliphatic rings. The lowest BCUT2D eigenvalue weighted by Crippen LogP contribution is -2.50. The average Bonchev–Trinajstić information content (AvgIpc) is 3.38. The lowest BCUT2D eigenvalue weighted by molar-refractivity contribution is -0.152. The molecule has 0 bridgehead atoms. The molecule has 30 heavy (non-hydrogen) atoms. The molecule has 0 spiro atoms. The number of carbonyl (C=O) groups excluding carboxylic acids is 1. The van der Waals surface area contributed by atoms with E-state index in [1.165, 1.54) is 27.8 Å².